The van der Waals surface area contributed by atoms with Crippen LogP contribution in [-0.4, -0.2) is 10.9 Å². The van der Waals surface area contributed by atoms with Gasteiger partial charge < -0.3 is 5.11 Å². The van der Waals surface area contributed by atoms with Crippen molar-refractivity contribution in [2.45, 2.75) is 12.0 Å². The quantitative estimate of drug-likeness (QED) is 0.808. The van der Waals surface area contributed by atoms with Crippen molar-refractivity contribution in [1.82, 2.24) is 0 Å². The largest absolute Gasteiger partial charge is 0.380 e. The van der Waals surface area contributed by atoms with E-state index in [4.69, 9.17) is 0 Å². The highest BCUT2D eigenvalue weighted by Gasteiger charge is 2.42. The van der Waals surface area contributed by atoms with Gasteiger partial charge in [0.15, 0.2) is 5.78 Å². The minimum Gasteiger partial charge on any atom is -0.380 e. The summed E-state index contributed by atoms with van der Waals surface area (Å²) in [4.78, 5) is 11.9. The number of fused-ring (bicyclic) bond motifs is 1. The Balaban J connectivity index is 2.21. The number of carbonyl (C=O) groups excluding carboxylic acids is 1. The van der Waals surface area contributed by atoms with Gasteiger partial charge in [-0.15, -0.1) is 0 Å². The Labute approximate surface area is 99.5 Å². The van der Waals surface area contributed by atoms with Gasteiger partial charge in [0.1, 0.15) is 5.60 Å². The molecule has 0 heterocycles. The zero-order valence-electron chi connectivity index (χ0n) is 9.26. The second-order valence-corrected chi connectivity index (χ2v) is 4.37. The van der Waals surface area contributed by atoms with Crippen molar-refractivity contribution in [2.24, 2.45) is 0 Å². The van der Waals surface area contributed by atoms with Crippen LogP contribution in [0.5, 0.6) is 0 Å². The molecule has 0 aliphatic heterocycles. The molecule has 0 saturated carbocycles. The molecule has 0 radical (unpaired) electrons. The van der Waals surface area contributed by atoms with E-state index >= 15 is 0 Å². The zero-order valence-corrected chi connectivity index (χ0v) is 9.26. The number of hydrogen-bond donors (Lipinski definition) is 1. The number of benzene rings is 2. The number of Topliss-reactive ketones (excluding diaryl/α,β-unsaturated/α-hetero) is 1. The molecule has 0 bridgehead atoms. The predicted molar refractivity (Wildman–Crippen MR) is 64.8 cm³/mol. The molecule has 3 rings (SSSR count). The van der Waals surface area contributed by atoms with E-state index in [0.29, 0.717) is 5.56 Å². The van der Waals surface area contributed by atoms with E-state index in [1.54, 1.807) is 6.07 Å². The Morgan fingerprint density at radius 2 is 1.59 bits per heavy atom. The summed E-state index contributed by atoms with van der Waals surface area (Å²) in [6.07, 6.45) is 0.135. The molecule has 2 aromatic carbocycles. The molecule has 0 saturated heterocycles. The lowest BCUT2D eigenvalue weighted by atomic mass is 9.88. The van der Waals surface area contributed by atoms with Crippen molar-refractivity contribution in [2.75, 3.05) is 0 Å². The maximum Gasteiger partial charge on any atom is 0.166 e. The molecule has 1 atom stereocenters. The second kappa shape index (κ2) is 3.54. The SMILES string of the molecule is O=C1CC(O)(c2ccccc2)c2ccccc21. The van der Waals surface area contributed by atoms with Crippen LogP contribution < -0.4 is 0 Å². The number of ketones is 1. The van der Waals surface area contributed by atoms with Gasteiger partial charge in [-0.1, -0.05) is 54.6 Å². The molecule has 1 N–H and O–H groups in total. The standard InChI is InChI=1S/C15H12O2/c16-14-10-15(17,11-6-2-1-3-7-11)13-9-5-4-8-12(13)14/h1-9,17H,10H2. The Kier molecular flexibility index (Phi) is 2.13. The van der Waals surface area contributed by atoms with Gasteiger partial charge in [-0.25, -0.2) is 0 Å². The summed E-state index contributed by atoms with van der Waals surface area (Å²) in [7, 11) is 0. The molecule has 1 unspecified atom stereocenters. The van der Waals surface area contributed by atoms with E-state index in [9.17, 15) is 9.90 Å². The Morgan fingerprint density at radius 1 is 0.941 bits per heavy atom. The number of hydrogen-bond acceptors (Lipinski definition) is 2. The highest BCUT2D eigenvalue weighted by Crippen LogP contribution is 2.41. The summed E-state index contributed by atoms with van der Waals surface area (Å²) in [5, 5.41) is 10.8. The minimum absolute atomic E-state index is 0.00644. The van der Waals surface area contributed by atoms with Crippen molar-refractivity contribution in [3.63, 3.8) is 0 Å². The zero-order chi connectivity index (χ0) is 11.9. The average molecular weight is 224 g/mol. The number of rotatable bonds is 1. The molecule has 2 nitrogen and oxygen atoms in total. The van der Waals surface area contributed by atoms with Crippen LogP contribution in [0.3, 0.4) is 0 Å². The van der Waals surface area contributed by atoms with Crippen LogP contribution in [0, 0.1) is 0 Å². The fourth-order valence-corrected chi connectivity index (χ4v) is 2.48. The molecule has 0 amide bonds. The molecule has 1 aliphatic rings. The van der Waals surface area contributed by atoms with Gasteiger partial charge in [-0.3, -0.25) is 4.79 Å². The first kappa shape index (κ1) is 10.2. The molecule has 2 heteroatoms. The predicted octanol–water partition coefficient (Wildman–Crippen LogP) is 2.51. The Hall–Kier alpha value is -1.93. The highest BCUT2D eigenvalue weighted by atomic mass is 16.3. The molecule has 0 fully saturated rings. The highest BCUT2D eigenvalue weighted by molar-refractivity contribution is 6.02. The van der Waals surface area contributed by atoms with Crippen molar-refractivity contribution < 1.29 is 9.90 Å². The van der Waals surface area contributed by atoms with Gasteiger partial charge >= 0.3 is 0 Å². The van der Waals surface area contributed by atoms with E-state index in [1.807, 2.05) is 48.5 Å². The van der Waals surface area contributed by atoms with Gasteiger partial charge in [0.25, 0.3) is 0 Å². The molecule has 84 valence electrons. The summed E-state index contributed by atoms with van der Waals surface area (Å²) in [5.41, 5.74) is 0.975. The summed E-state index contributed by atoms with van der Waals surface area (Å²) in [5.74, 6) is 0.00644. The number of aliphatic hydroxyl groups is 1. The van der Waals surface area contributed by atoms with E-state index in [2.05, 4.69) is 0 Å². The maximum absolute atomic E-state index is 11.9. The Morgan fingerprint density at radius 3 is 2.35 bits per heavy atom. The molecule has 1 aliphatic carbocycles. The van der Waals surface area contributed by atoms with Gasteiger partial charge in [0.2, 0.25) is 0 Å². The first-order chi connectivity index (χ1) is 8.22. The third-order valence-electron chi connectivity index (χ3n) is 3.34. The van der Waals surface area contributed by atoms with Crippen molar-refractivity contribution in [1.29, 1.82) is 0 Å². The molecule has 0 aromatic heterocycles. The van der Waals surface area contributed by atoms with E-state index < -0.39 is 5.60 Å². The van der Waals surface area contributed by atoms with E-state index in [0.717, 1.165) is 11.1 Å². The number of carbonyl (C=O) groups is 1. The topological polar surface area (TPSA) is 37.3 Å². The third-order valence-corrected chi connectivity index (χ3v) is 3.34. The third kappa shape index (κ3) is 1.41. The van der Waals surface area contributed by atoms with Gasteiger partial charge in [0.05, 0.1) is 0 Å². The van der Waals surface area contributed by atoms with Crippen LogP contribution in [0.15, 0.2) is 54.6 Å². The molecular formula is C15H12O2. The molecule has 0 spiro atoms. The summed E-state index contributed by atoms with van der Waals surface area (Å²) in [6, 6.07) is 16.6. The average Bonchev–Trinajstić information content (AvgIpc) is 2.65. The van der Waals surface area contributed by atoms with E-state index in [-0.39, 0.29) is 12.2 Å². The van der Waals surface area contributed by atoms with Crippen molar-refractivity contribution in [3.8, 4) is 0 Å². The minimum atomic E-state index is -1.16. The van der Waals surface area contributed by atoms with Crippen LogP contribution in [-0.2, 0) is 5.60 Å². The van der Waals surface area contributed by atoms with E-state index in [1.165, 1.54) is 0 Å². The Bertz CT molecular complexity index is 574. The van der Waals surface area contributed by atoms with Crippen molar-refractivity contribution in [3.05, 3.63) is 71.3 Å². The smallest absolute Gasteiger partial charge is 0.166 e. The van der Waals surface area contributed by atoms with Crippen LogP contribution in [0.4, 0.5) is 0 Å². The fraction of sp³-hybridized carbons (Fsp3) is 0.133. The van der Waals surface area contributed by atoms with Gasteiger partial charge in [-0.2, -0.15) is 0 Å². The first-order valence-corrected chi connectivity index (χ1v) is 5.62. The molecular weight excluding hydrogens is 212 g/mol. The monoisotopic (exact) mass is 224 g/mol. The molecule has 2 aromatic rings. The van der Waals surface area contributed by atoms with Gasteiger partial charge in [-0.05, 0) is 11.1 Å². The van der Waals surface area contributed by atoms with Crippen molar-refractivity contribution >= 4 is 5.78 Å². The summed E-state index contributed by atoms with van der Waals surface area (Å²) >= 11 is 0. The van der Waals surface area contributed by atoms with Crippen LogP contribution >= 0.6 is 0 Å². The molecule has 17 heavy (non-hydrogen) atoms. The van der Waals surface area contributed by atoms with Gasteiger partial charge in [0, 0.05) is 12.0 Å². The second-order valence-electron chi connectivity index (χ2n) is 4.37. The first-order valence-electron chi connectivity index (χ1n) is 5.62. The lowest BCUT2D eigenvalue weighted by Gasteiger charge is -2.23. The van der Waals surface area contributed by atoms with Crippen LogP contribution in [0.25, 0.3) is 0 Å². The maximum atomic E-state index is 11.9. The van der Waals surface area contributed by atoms with Crippen LogP contribution in [0.1, 0.15) is 27.9 Å². The normalized spacial score (nSPS) is 22.5. The fourth-order valence-electron chi connectivity index (χ4n) is 2.48. The lowest BCUT2D eigenvalue weighted by Crippen LogP contribution is -2.24. The summed E-state index contributed by atoms with van der Waals surface area (Å²) in [6.45, 7) is 0. The lowest BCUT2D eigenvalue weighted by molar-refractivity contribution is 0.0686. The van der Waals surface area contributed by atoms with Crippen LogP contribution in [0.2, 0.25) is 0 Å². The summed E-state index contributed by atoms with van der Waals surface area (Å²) < 4.78 is 0.